The molecule has 0 amide bonds. The number of aliphatic hydroxyl groups is 1. The SMILES string of the molecule is C=CCCCN1CCc2cc(OC)c(OC)cc2C12CCC(CO)CC2C1c2cc(OC)c(OC)cc2CCN1CC. The van der Waals surface area contributed by atoms with Crippen molar-refractivity contribution in [1.82, 2.24) is 9.80 Å². The Balaban J connectivity index is 1.75. The van der Waals surface area contributed by atoms with E-state index < -0.39 is 0 Å². The predicted molar refractivity (Wildman–Crippen MR) is 167 cm³/mol. The molecule has 2 aliphatic heterocycles. The van der Waals surface area contributed by atoms with E-state index in [-0.39, 0.29) is 30.0 Å². The van der Waals surface area contributed by atoms with E-state index in [4.69, 9.17) is 18.9 Å². The van der Waals surface area contributed by atoms with Crippen molar-refractivity contribution >= 4 is 0 Å². The van der Waals surface area contributed by atoms with E-state index in [9.17, 15) is 5.11 Å². The highest BCUT2D eigenvalue weighted by Gasteiger charge is 2.55. The van der Waals surface area contributed by atoms with Crippen molar-refractivity contribution in [2.45, 2.75) is 63.5 Å². The van der Waals surface area contributed by atoms with E-state index in [1.54, 1.807) is 28.4 Å². The van der Waals surface area contributed by atoms with Crippen LogP contribution in [0.25, 0.3) is 0 Å². The summed E-state index contributed by atoms with van der Waals surface area (Å²) < 4.78 is 23.3. The Bertz CT molecular complexity index is 1250. The summed E-state index contributed by atoms with van der Waals surface area (Å²) in [7, 11) is 6.89. The maximum absolute atomic E-state index is 10.5. The number of allylic oxidation sites excluding steroid dienone is 1. The highest BCUT2D eigenvalue weighted by molar-refractivity contribution is 5.53. The second kappa shape index (κ2) is 13.3. The van der Waals surface area contributed by atoms with Gasteiger partial charge in [-0.1, -0.05) is 13.0 Å². The number of benzene rings is 2. The zero-order chi connectivity index (χ0) is 29.9. The summed E-state index contributed by atoms with van der Waals surface area (Å²) in [6.07, 6.45) is 9.02. The minimum absolute atomic E-state index is 0.175. The van der Waals surface area contributed by atoms with Gasteiger partial charge >= 0.3 is 0 Å². The van der Waals surface area contributed by atoms with Crippen molar-refractivity contribution in [3.63, 3.8) is 0 Å². The summed E-state index contributed by atoms with van der Waals surface area (Å²) in [5, 5.41) is 10.5. The van der Waals surface area contributed by atoms with Gasteiger partial charge in [-0.05, 0) is 110 Å². The number of ether oxygens (including phenoxy) is 4. The molecule has 1 spiro atoms. The Morgan fingerprint density at radius 3 is 2.21 bits per heavy atom. The molecule has 0 saturated heterocycles. The van der Waals surface area contributed by atoms with E-state index in [1.165, 1.54) is 22.3 Å². The first-order chi connectivity index (χ1) is 20.5. The predicted octanol–water partition coefficient (Wildman–Crippen LogP) is 5.77. The number of unbranched alkanes of at least 4 members (excludes halogenated alkanes) is 1. The fourth-order valence-electron chi connectivity index (χ4n) is 8.31. The molecule has 5 rings (SSSR count). The molecule has 2 aromatic carbocycles. The zero-order valence-corrected chi connectivity index (χ0v) is 26.3. The van der Waals surface area contributed by atoms with E-state index in [0.29, 0.717) is 0 Å². The van der Waals surface area contributed by atoms with Crippen molar-refractivity contribution in [2.24, 2.45) is 11.8 Å². The third-order valence-electron chi connectivity index (χ3n) is 10.3. The lowest BCUT2D eigenvalue weighted by Crippen LogP contribution is -2.61. The molecule has 1 saturated carbocycles. The molecule has 1 aliphatic carbocycles. The maximum atomic E-state index is 10.5. The standard InChI is InChI=1S/C35H50N2O5/c1-7-9-10-15-37-17-13-26-20-31(40-4)33(42-6)22-28(26)35(37)14-11-24(23-38)18-29(35)34-27-21-32(41-5)30(39-3)19-25(27)12-16-36(34)8-2/h7,19-22,24,29,34,38H,1,8-18,23H2,2-6H3. The average Bonchev–Trinajstić information content (AvgIpc) is 3.04. The van der Waals surface area contributed by atoms with Gasteiger partial charge in [0.1, 0.15) is 0 Å². The molecule has 0 aromatic heterocycles. The van der Waals surface area contributed by atoms with Crippen LogP contribution < -0.4 is 18.9 Å². The largest absolute Gasteiger partial charge is 0.493 e. The van der Waals surface area contributed by atoms with Gasteiger partial charge in [-0.25, -0.2) is 0 Å². The van der Waals surface area contributed by atoms with E-state index in [2.05, 4.69) is 47.6 Å². The van der Waals surface area contributed by atoms with Gasteiger partial charge in [0.2, 0.25) is 0 Å². The molecule has 7 heteroatoms. The van der Waals surface area contributed by atoms with Crippen LogP contribution in [0.2, 0.25) is 0 Å². The molecule has 0 radical (unpaired) electrons. The van der Waals surface area contributed by atoms with Gasteiger partial charge in [0, 0.05) is 31.7 Å². The maximum Gasteiger partial charge on any atom is 0.161 e. The number of aliphatic hydroxyl groups excluding tert-OH is 1. The summed E-state index contributed by atoms with van der Waals surface area (Å²) in [6.45, 7) is 10.5. The second-order valence-electron chi connectivity index (χ2n) is 12.1. The van der Waals surface area contributed by atoms with Crippen LogP contribution in [0.3, 0.4) is 0 Å². The smallest absolute Gasteiger partial charge is 0.161 e. The highest BCUT2D eigenvalue weighted by atomic mass is 16.5. The van der Waals surface area contributed by atoms with Crippen LogP contribution in [0.1, 0.15) is 67.3 Å². The summed E-state index contributed by atoms with van der Waals surface area (Å²) in [6, 6.07) is 9.09. The van der Waals surface area contributed by atoms with Crippen LogP contribution in [0.5, 0.6) is 23.0 Å². The molecule has 230 valence electrons. The molecule has 0 bridgehead atoms. The minimum atomic E-state index is -0.208. The number of hydrogen-bond acceptors (Lipinski definition) is 7. The Kier molecular flexibility index (Phi) is 9.70. The first-order valence-electron chi connectivity index (χ1n) is 15.7. The van der Waals surface area contributed by atoms with Crippen molar-refractivity contribution in [3.8, 4) is 23.0 Å². The second-order valence-corrected chi connectivity index (χ2v) is 12.1. The number of likely N-dealkylation sites (N-methyl/N-ethyl adjacent to an activating group) is 1. The molecule has 1 N–H and O–H groups in total. The molecule has 3 aliphatic rings. The Morgan fingerprint density at radius 1 is 0.929 bits per heavy atom. The fraction of sp³-hybridized carbons (Fsp3) is 0.600. The van der Waals surface area contributed by atoms with Gasteiger partial charge in [0.15, 0.2) is 23.0 Å². The summed E-state index contributed by atoms with van der Waals surface area (Å²) in [5.41, 5.74) is 5.19. The van der Waals surface area contributed by atoms with Gasteiger partial charge in [0.25, 0.3) is 0 Å². The van der Waals surface area contributed by atoms with Gasteiger partial charge in [-0.2, -0.15) is 0 Å². The first-order valence-corrected chi connectivity index (χ1v) is 15.7. The minimum Gasteiger partial charge on any atom is -0.493 e. The molecule has 2 heterocycles. The van der Waals surface area contributed by atoms with Gasteiger partial charge < -0.3 is 24.1 Å². The normalized spacial score (nSPS) is 25.9. The Labute approximate surface area is 252 Å². The monoisotopic (exact) mass is 578 g/mol. The van der Waals surface area contributed by atoms with Crippen LogP contribution in [0.4, 0.5) is 0 Å². The zero-order valence-electron chi connectivity index (χ0n) is 26.3. The number of rotatable bonds is 11. The van der Waals surface area contributed by atoms with E-state index >= 15 is 0 Å². The molecule has 1 fully saturated rings. The lowest BCUT2D eigenvalue weighted by molar-refractivity contribution is -0.0755. The molecule has 4 atom stereocenters. The summed E-state index contributed by atoms with van der Waals surface area (Å²) in [4.78, 5) is 5.45. The van der Waals surface area contributed by atoms with Crippen LogP contribution in [0.15, 0.2) is 36.9 Å². The van der Waals surface area contributed by atoms with Gasteiger partial charge in [0.05, 0.1) is 34.0 Å². The van der Waals surface area contributed by atoms with Gasteiger partial charge in [-0.15, -0.1) is 6.58 Å². The molecule has 4 unspecified atom stereocenters. The quantitative estimate of drug-likeness (QED) is 0.268. The lowest BCUT2D eigenvalue weighted by atomic mass is 9.58. The summed E-state index contributed by atoms with van der Waals surface area (Å²) >= 11 is 0. The average molecular weight is 579 g/mol. The molecule has 7 nitrogen and oxygen atoms in total. The van der Waals surface area contributed by atoms with Crippen LogP contribution >= 0.6 is 0 Å². The van der Waals surface area contributed by atoms with Crippen LogP contribution in [-0.4, -0.2) is 76.1 Å². The number of methoxy groups -OCH3 is 4. The van der Waals surface area contributed by atoms with Crippen molar-refractivity contribution in [3.05, 3.63) is 59.2 Å². The lowest BCUT2D eigenvalue weighted by Gasteiger charge is -2.60. The van der Waals surface area contributed by atoms with E-state index in [1.807, 2.05) is 6.08 Å². The van der Waals surface area contributed by atoms with Crippen LogP contribution in [0, 0.1) is 11.8 Å². The third-order valence-corrected chi connectivity index (χ3v) is 10.3. The number of nitrogens with zero attached hydrogens (tertiary/aromatic N) is 2. The van der Waals surface area contributed by atoms with Crippen molar-refractivity contribution < 1.29 is 24.1 Å². The van der Waals surface area contributed by atoms with E-state index in [0.717, 1.165) is 94.1 Å². The number of hydrogen-bond donors (Lipinski definition) is 1. The molecular weight excluding hydrogens is 528 g/mol. The van der Waals surface area contributed by atoms with Crippen molar-refractivity contribution in [2.75, 3.05) is 61.2 Å². The number of fused-ring (bicyclic) bond motifs is 3. The first kappa shape index (κ1) is 30.7. The molecular formula is C35H50N2O5. The molecule has 42 heavy (non-hydrogen) atoms. The summed E-state index contributed by atoms with van der Waals surface area (Å²) in [5.74, 6) is 3.67. The van der Waals surface area contributed by atoms with Crippen molar-refractivity contribution in [1.29, 1.82) is 0 Å². The third kappa shape index (κ3) is 5.29. The van der Waals surface area contributed by atoms with Crippen LogP contribution in [-0.2, 0) is 18.4 Å². The molecule has 2 aromatic rings. The fourth-order valence-corrected chi connectivity index (χ4v) is 8.31. The topological polar surface area (TPSA) is 63.6 Å². The Hall–Kier alpha value is -2.74. The highest BCUT2D eigenvalue weighted by Crippen LogP contribution is 2.58. The Morgan fingerprint density at radius 2 is 1.57 bits per heavy atom. The van der Waals surface area contributed by atoms with Gasteiger partial charge in [-0.3, -0.25) is 9.80 Å².